The number of hydrogen-bond acceptors (Lipinski definition) is 6. The number of cyclic esters (lactones) is 1. The maximum atomic E-state index is 11.4. The SMILES string of the molecule is CC1CC(OC(=O)C2CC2[N+](=O)[O-])C(=O)O1. The molecule has 0 N–H and O–H groups in total. The van der Waals surface area contributed by atoms with Crippen molar-refractivity contribution < 1.29 is 24.0 Å². The van der Waals surface area contributed by atoms with Gasteiger partial charge < -0.3 is 9.47 Å². The molecule has 0 radical (unpaired) electrons. The molecule has 0 aromatic carbocycles. The van der Waals surface area contributed by atoms with Gasteiger partial charge in [0, 0.05) is 17.8 Å². The Morgan fingerprint density at radius 1 is 1.56 bits per heavy atom. The first-order valence-electron chi connectivity index (χ1n) is 5.03. The molecule has 2 rings (SSSR count). The number of ether oxygens (including phenoxy) is 2. The number of rotatable bonds is 3. The molecule has 88 valence electrons. The normalized spacial score (nSPS) is 36.7. The molecular formula is C9H11NO6. The van der Waals surface area contributed by atoms with Crippen LogP contribution in [-0.2, 0) is 19.1 Å². The topological polar surface area (TPSA) is 95.7 Å². The quantitative estimate of drug-likeness (QED) is 0.381. The molecule has 0 spiro atoms. The van der Waals surface area contributed by atoms with Crippen molar-refractivity contribution in [2.75, 3.05) is 0 Å². The van der Waals surface area contributed by atoms with Crippen molar-refractivity contribution in [3.63, 3.8) is 0 Å². The second-order valence-electron chi connectivity index (χ2n) is 4.10. The van der Waals surface area contributed by atoms with Gasteiger partial charge in [-0.25, -0.2) is 4.79 Å². The lowest BCUT2D eigenvalue weighted by atomic mass is 10.2. The third-order valence-corrected chi connectivity index (χ3v) is 2.71. The Bertz CT molecular complexity index is 354. The van der Waals surface area contributed by atoms with Crippen LogP contribution in [0.15, 0.2) is 0 Å². The first-order valence-corrected chi connectivity index (χ1v) is 5.03. The largest absolute Gasteiger partial charge is 0.460 e. The van der Waals surface area contributed by atoms with Crippen molar-refractivity contribution in [2.45, 2.75) is 38.0 Å². The number of nitro groups is 1. The van der Waals surface area contributed by atoms with Crippen LogP contribution in [0.2, 0.25) is 0 Å². The average Bonchev–Trinajstić information content (AvgIpc) is 2.90. The van der Waals surface area contributed by atoms with Gasteiger partial charge in [-0.05, 0) is 6.92 Å². The zero-order chi connectivity index (χ0) is 11.9. The van der Waals surface area contributed by atoms with E-state index >= 15 is 0 Å². The molecule has 0 aromatic rings. The Balaban J connectivity index is 1.85. The molecule has 2 fully saturated rings. The predicted molar refractivity (Wildman–Crippen MR) is 48.9 cm³/mol. The standard InChI is InChI=1S/C9H11NO6/c1-4-2-7(9(12)15-4)16-8(11)5-3-6(5)10(13)14/h4-7H,2-3H2,1H3. The van der Waals surface area contributed by atoms with Gasteiger partial charge in [-0.15, -0.1) is 0 Å². The second-order valence-corrected chi connectivity index (χ2v) is 4.10. The van der Waals surface area contributed by atoms with Crippen LogP contribution in [0.3, 0.4) is 0 Å². The summed E-state index contributed by atoms with van der Waals surface area (Å²) in [5.74, 6) is -1.93. The second kappa shape index (κ2) is 3.73. The number of nitrogens with zero attached hydrogens (tertiary/aromatic N) is 1. The summed E-state index contributed by atoms with van der Waals surface area (Å²) in [5, 5.41) is 10.3. The third-order valence-electron chi connectivity index (χ3n) is 2.71. The van der Waals surface area contributed by atoms with E-state index in [1.165, 1.54) is 0 Å². The summed E-state index contributed by atoms with van der Waals surface area (Å²) >= 11 is 0. The molecular weight excluding hydrogens is 218 g/mol. The molecule has 1 aliphatic carbocycles. The minimum Gasteiger partial charge on any atom is -0.460 e. The summed E-state index contributed by atoms with van der Waals surface area (Å²) in [6, 6.07) is -0.845. The molecule has 7 nitrogen and oxygen atoms in total. The Morgan fingerprint density at radius 2 is 2.25 bits per heavy atom. The van der Waals surface area contributed by atoms with E-state index in [-0.39, 0.29) is 12.5 Å². The Kier molecular flexibility index (Phi) is 2.53. The minimum atomic E-state index is -0.893. The molecule has 4 atom stereocenters. The highest BCUT2D eigenvalue weighted by molar-refractivity contribution is 5.83. The smallest absolute Gasteiger partial charge is 0.347 e. The highest BCUT2D eigenvalue weighted by Gasteiger charge is 2.55. The summed E-state index contributed by atoms with van der Waals surface area (Å²) in [7, 11) is 0. The third kappa shape index (κ3) is 1.98. The molecule has 7 heteroatoms. The maximum Gasteiger partial charge on any atom is 0.347 e. The molecule has 2 aliphatic rings. The molecule has 1 saturated heterocycles. The molecule has 16 heavy (non-hydrogen) atoms. The van der Waals surface area contributed by atoms with Gasteiger partial charge in [-0.2, -0.15) is 0 Å². The van der Waals surface area contributed by atoms with Crippen molar-refractivity contribution in [1.82, 2.24) is 0 Å². The minimum absolute atomic E-state index is 0.198. The Labute approximate surface area is 90.9 Å². The lowest BCUT2D eigenvalue weighted by Gasteiger charge is -2.06. The molecule has 1 aliphatic heterocycles. The Morgan fingerprint density at radius 3 is 2.69 bits per heavy atom. The highest BCUT2D eigenvalue weighted by atomic mass is 16.6. The van der Waals surface area contributed by atoms with E-state index in [2.05, 4.69) is 0 Å². The maximum absolute atomic E-state index is 11.4. The molecule has 1 saturated carbocycles. The van der Waals surface area contributed by atoms with Crippen molar-refractivity contribution in [2.24, 2.45) is 5.92 Å². The van der Waals surface area contributed by atoms with E-state index in [0.29, 0.717) is 6.42 Å². The molecule has 0 aromatic heterocycles. The zero-order valence-corrected chi connectivity index (χ0v) is 8.62. The Hall–Kier alpha value is -1.66. The van der Waals surface area contributed by atoms with Gasteiger partial charge in [0.25, 0.3) is 0 Å². The van der Waals surface area contributed by atoms with Gasteiger partial charge in [-0.1, -0.05) is 0 Å². The molecule has 1 heterocycles. The van der Waals surface area contributed by atoms with E-state index in [0.717, 1.165) is 0 Å². The van der Waals surface area contributed by atoms with Gasteiger partial charge in [0.15, 0.2) is 0 Å². The van der Waals surface area contributed by atoms with E-state index < -0.39 is 34.9 Å². The van der Waals surface area contributed by atoms with E-state index in [1.807, 2.05) is 0 Å². The van der Waals surface area contributed by atoms with Gasteiger partial charge in [0.05, 0.1) is 0 Å². The van der Waals surface area contributed by atoms with Gasteiger partial charge in [-0.3, -0.25) is 14.9 Å². The van der Waals surface area contributed by atoms with E-state index in [9.17, 15) is 19.7 Å². The van der Waals surface area contributed by atoms with Crippen LogP contribution in [0.5, 0.6) is 0 Å². The van der Waals surface area contributed by atoms with Crippen LogP contribution in [-0.4, -0.2) is 35.1 Å². The molecule has 0 bridgehead atoms. The van der Waals surface area contributed by atoms with Crippen LogP contribution >= 0.6 is 0 Å². The van der Waals surface area contributed by atoms with E-state index in [4.69, 9.17) is 9.47 Å². The number of carbonyl (C=O) groups excluding carboxylic acids is 2. The van der Waals surface area contributed by atoms with Crippen LogP contribution in [0.25, 0.3) is 0 Å². The van der Waals surface area contributed by atoms with Crippen molar-refractivity contribution >= 4 is 11.9 Å². The van der Waals surface area contributed by atoms with E-state index in [1.54, 1.807) is 6.92 Å². The molecule has 4 unspecified atom stereocenters. The fraction of sp³-hybridized carbons (Fsp3) is 0.778. The molecule has 0 amide bonds. The lowest BCUT2D eigenvalue weighted by molar-refractivity contribution is -0.497. The summed E-state index contributed by atoms with van der Waals surface area (Å²) in [6.07, 6.45) is -0.643. The fourth-order valence-electron chi connectivity index (χ4n) is 1.71. The summed E-state index contributed by atoms with van der Waals surface area (Å²) < 4.78 is 9.68. The first-order chi connectivity index (χ1) is 7.49. The van der Waals surface area contributed by atoms with Crippen molar-refractivity contribution in [3.05, 3.63) is 10.1 Å². The van der Waals surface area contributed by atoms with Crippen LogP contribution < -0.4 is 0 Å². The summed E-state index contributed by atoms with van der Waals surface area (Å²) in [4.78, 5) is 32.4. The number of esters is 2. The average molecular weight is 229 g/mol. The van der Waals surface area contributed by atoms with Crippen molar-refractivity contribution in [3.8, 4) is 0 Å². The van der Waals surface area contributed by atoms with Gasteiger partial charge >= 0.3 is 11.9 Å². The monoisotopic (exact) mass is 229 g/mol. The van der Waals surface area contributed by atoms with Crippen molar-refractivity contribution in [1.29, 1.82) is 0 Å². The number of carbonyl (C=O) groups is 2. The van der Waals surface area contributed by atoms with Crippen LogP contribution in [0.4, 0.5) is 0 Å². The van der Waals surface area contributed by atoms with Crippen LogP contribution in [0.1, 0.15) is 19.8 Å². The lowest BCUT2D eigenvalue weighted by Crippen LogP contribution is -2.25. The first kappa shape index (κ1) is 10.8. The van der Waals surface area contributed by atoms with Gasteiger partial charge in [0.2, 0.25) is 12.1 Å². The predicted octanol–water partition coefficient (Wildman–Crippen LogP) is -0.101. The van der Waals surface area contributed by atoms with Crippen LogP contribution in [0, 0.1) is 16.0 Å². The highest BCUT2D eigenvalue weighted by Crippen LogP contribution is 2.35. The zero-order valence-electron chi connectivity index (χ0n) is 8.62. The van der Waals surface area contributed by atoms with Gasteiger partial charge in [0.1, 0.15) is 12.0 Å². The number of hydrogen-bond donors (Lipinski definition) is 0. The summed E-state index contributed by atoms with van der Waals surface area (Å²) in [6.45, 7) is 1.70. The fourth-order valence-corrected chi connectivity index (χ4v) is 1.71. The summed E-state index contributed by atoms with van der Waals surface area (Å²) in [5.41, 5.74) is 0.